The number of guanidine groups is 1. The second kappa shape index (κ2) is 12.2. The maximum Gasteiger partial charge on any atom is 0.243 e. The predicted octanol–water partition coefficient (Wildman–Crippen LogP) is 2.05. The molecule has 0 fully saturated rings. The molecule has 0 unspecified atom stereocenters. The summed E-state index contributed by atoms with van der Waals surface area (Å²) >= 11 is 0. The first kappa shape index (κ1) is 20.8. The fraction of sp³-hybridized carbons (Fsp3) is 0.579. The van der Waals surface area contributed by atoms with Crippen LogP contribution in [0.3, 0.4) is 0 Å². The Bertz CT molecular complexity index is 544. The number of hydrogen-bond donors (Lipinski definition) is 2. The molecule has 0 aromatic heterocycles. The van der Waals surface area contributed by atoms with Gasteiger partial charge in [0.2, 0.25) is 5.91 Å². The van der Waals surface area contributed by atoms with Gasteiger partial charge < -0.3 is 20.3 Å². The molecule has 0 saturated carbocycles. The third-order valence-corrected chi connectivity index (χ3v) is 3.49. The molecule has 6 heteroatoms. The van der Waals surface area contributed by atoms with Crippen LogP contribution in [-0.4, -0.2) is 57.1 Å². The highest BCUT2D eigenvalue weighted by Crippen LogP contribution is 2.13. The maximum atomic E-state index is 11.7. The van der Waals surface area contributed by atoms with Crippen molar-refractivity contribution < 1.29 is 9.53 Å². The molecule has 1 aromatic rings. The summed E-state index contributed by atoms with van der Waals surface area (Å²) in [6.45, 7) is 6.63. The van der Waals surface area contributed by atoms with Crippen molar-refractivity contribution in [3.63, 3.8) is 0 Å². The van der Waals surface area contributed by atoms with Gasteiger partial charge in [-0.1, -0.05) is 26.0 Å². The molecular formula is C19H32N4O2. The van der Waals surface area contributed by atoms with E-state index >= 15 is 0 Å². The Balaban J connectivity index is 2.52. The maximum absolute atomic E-state index is 11.7. The van der Waals surface area contributed by atoms with Crippen molar-refractivity contribution >= 4 is 11.9 Å². The lowest BCUT2D eigenvalue weighted by Crippen LogP contribution is -2.39. The van der Waals surface area contributed by atoms with Crippen LogP contribution in [0.1, 0.15) is 32.3 Å². The highest BCUT2D eigenvalue weighted by molar-refractivity contribution is 5.84. The third-order valence-electron chi connectivity index (χ3n) is 3.49. The summed E-state index contributed by atoms with van der Waals surface area (Å²) in [4.78, 5) is 17.6. The number of carbonyl (C=O) groups excluding carboxylic acids is 1. The zero-order valence-electron chi connectivity index (χ0n) is 16.0. The number of aliphatic imine (C=N–C) groups is 1. The van der Waals surface area contributed by atoms with E-state index in [1.165, 1.54) is 5.56 Å². The lowest BCUT2D eigenvalue weighted by molar-refractivity contribution is -0.127. The highest BCUT2D eigenvalue weighted by Gasteiger charge is 2.04. The van der Waals surface area contributed by atoms with Crippen LogP contribution in [0.5, 0.6) is 5.75 Å². The molecule has 0 aliphatic rings. The first-order chi connectivity index (χ1) is 12.1. The van der Waals surface area contributed by atoms with E-state index in [0.29, 0.717) is 5.96 Å². The quantitative estimate of drug-likeness (QED) is 0.502. The number of ether oxygens (including phenoxy) is 1. The molecule has 0 bridgehead atoms. The Morgan fingerprint density at radius 1 is 1.16 bits per heavy atom. The van der Waals surface area contributed by atoms with Gasteiger partial charge in [-0.2, -0.15) is 0 Å². The van der Waals surface area contributed by atoms with E-state index in [0.717, 1.165) is 44.7 Å². The Labute approximate surface area is 151 Å². The number of hydrogen-bond acceptors (Lipinski definition) is 3. The molecule has 25 heavy (non-hydrogen) atoms. The standard InChI is InChI=1S/C19H32N4O2/c1-5-11-20-19(22-15-18(24)23(3)4)21-12-10-16-8-7-9-17(14-16)25-13-6-2/h7-9,14H,5-6,10-13,15H2,1-4H3,(H2,20,21,22). The van der Waals surface area contributed by atoms with E-state index < -0.39 is 0 Å². The Morgan fingerprint density at radius 2 is 1.92 bits per heavy atom. The third kappa shape index (κ3) is 8.98. The van der Waals surface area contributed by atoms with E-state index in [1.807, 2.05) is 12.1 Å². The van der Waals surface area contributed by atoms with Crippen LogP contribution in [-0.2, 0) is 11.2 Å². The molecule has 0 aliphatic heterocycles. The molecule has 2 N–H and O–H groups in total. The first-order valence-corrected chi connectivity index (χ1v) is 9.00. The van der Waals surface area contributed by atoms with Crippen molar-refractivity contribution in [3.05, 3.63) is 29.8 Å². The van der Waals surface area contributed by atoms with Crippen molar-refractivity contribution in [1.29, 1.82) is 0 Å². The molecule has 0 radical (unpaired) electrons. The second-order valence-corrected chi connectivity index (χ2v) is 6.05. The summed E-state index contributed by atoms with van der Waals surface area (Å²) in [6, 6.07) is 8.16. The van der Waals surface area contributed by atoms with Gasteiger partial charge in [0.05, 0.1) is 6.61 Å². The summed E-state index contributed by atoms with van der Waals surface area (Å²) in [7, 11) is 3.47. The molecular weight excluding hydrogens is 316 g/mol. The van der Waals surface area contributed by atoms with Crippen LogP contribution < -0.4 is 15.4 Å². The molecule has 0 atom stereocenters. The van der Waals surface area contributed by atoms with Gasteiger partial charge in [0.25, 0.3) is 0 Å². The van der Waals surface area contributed by atoms with Crippen LogP contribution in [0.15, 0.2) is 29.3 Å². The van der Waals surface area contributed by atoms with Gasteiger partial charge in [0.15, 0.2) is 5.96 Å². The van der Waals surface area contributed by atoms with Crippen LogP contribution in [0.2, 0.25) is 0 Å². The lowest BCUT2D eigenvalue weighted by atomic mass is 10.1. The van der Waals surface area contributed by atoms with Crippen LogP contribution in [0, 0.1) is 0 Å². The monoisotopic (exact) mass is 348 g/mol. The van der Waals surface area contributed by atoms with E-state index in [9.17, 15) is 4.79 Å². The van der Waals surface area contributed by atoms with Gasteiger partial charge in [0, 0.05) is 27.2 Å². The number of benzene rings is 1. The van der Waals surface area contributed by atoms with Gasteiger partial charge in [0.1, 0.15) is 12.3 Å². The molecule has 0 saturated heterocycles. The Kier molecular flexibility index (Phi) is 10.1. The summed E-state index contributed by atoms with van der Waals surface area (Å²) in [5.74, 6) is 1.57. The van der Waals surface area contributed by atoms with E-state index in [4.69, 9.17) is 4.74 Å². The largest absolute Gasteiger partial charge is 0.494 e. The molecule has 1 amide bonds. The normalized spacial score (nSPS) is 11.1. The van der Waals surface area contributed by atoms with Crippen molar-refractivity contribution in [2.75, 3.05) is 40.3 Å². The zero-order chi connectivity index (χ0) is 18.5. The number of amides is 1. The minimum atomic E-state index is -0.0154. The van der Waals surface area contributed by atoms with Gasteiger partial charge in [-0.25, -0.2) is 4.99 Å². The second-order valence-electron chi connectivity index (χ2n) is 6.05. The van der Waals surface area contributed by atoms with Crippen LogP contribution >= 0.6 is 0 Å². The van der Waals surface area contributed by atoms with Gasteiger partial charge in [-0.3, -0.25) is 4.79 Å². The summed E-state index contributed by atoms with van der Waals surface area (Å²) in [6.07, 6.45) is 2.86. The minimum Gasteiger partial charge on any atom is -0.494 e. The SMILES string of the molecule is CCCNC(=NCC(=O)N(C)C)NCCc1cccc(OCCC)c1. The average molecular weight is 348 g/mol. The smallest absolute Gasteiger partial charge is 0.243 e. The number of likely N-dealkylation sites (N-methyl/N-ethyl adjacent to an activating group) is 1. The molecule has 0 spiro atoms. The number of nitrogens with zero attached hydrogens (tertiary/aromatic N) is 2. The molecule has 1 aromatic carbocycles. The first-order valence-electron chi connectivity index (χ1n) is 9.00. The van der Waals surface area contributed by atoms with E-state index in [2.05, 4.69) is 41.6 Å². The van der Waals surface area contributed by atoms with Gasteiger partial charge >= 0.3 is 0 Å². The number of nitrogens with one attached hydrogen (secondary N) is 2. The predicted molar refractivity (Wildman–Crippen MR) is 103 cm³/mol. The van der Waals surface area contributed by atoms with E-state index in [1.54, 1.807) is 19.0 Å². The van der Waals surface area contributed by atoms with Gasteiger partial charge in [-0.05, 0) is 37.0 Å². The van der Waals surface area contributed by atoms with Crippen molar-refractivity contribution in [2.45, 2.75) is 33.1 Å². The number of rotatable bonds is 10. The lowest BCUT2D eigenvalue weighted by Gasteiger charge is -2.13. The zero-order valence-corrected chi connectivity index (χ0v) is 16.0. The number of carbonyl (C=O) groups is 1. The van der Waals surface area contributed by atoms with Crippen molar-refractivity contribution in [2.24, 2.45) is 4.99 Å². The Morgan fingerprint density at radius 3 is 2.60 bits per heavy atom. The van der Waals surface area contributed by atoms with E-state index in [-0.39, 0.29) is 12.5 Å². The van der Waals surface area contributed by atoms with Crippen molar-refractivity contribution in [1.82, 2.24) is 15.5 Å². The molecule has 140 valence electrons. The summed E-state index contributed by atoms with van der Waals surface area (Å²) < 4.78 is 5.67. The molecule has 0 heterocycles. The molecule has 6 nitrogen and oxygen atoms in total. The fourth-order valence-corrected chi connectivity index (χ4v) is 2.04. The fourth-order valence-electron chi connectivity index (χ4n) is 2.04. The van der Waals surface area contributed by atoms with Crippen LogP contribution in [0.4, 0.5) is 0 Å². The molecule has 1 rings (SSSR count). The topological polar surface area (TPSA) is 66.0 Å². The summed E-state index contributed by atoms with van der Waals surface area (Å²) in [5.41, 5.74) is 1.21. The minimum absolute atomic E-state index is 0.0154. The highest BCUT2D eigenvalue weighted by atomic mass is 16.5. The van der Waals surface area contributed by atoms with Crippen molar-refractivity contribution in [3.8, 4) is 5.75 Å². The van der Waals surface area contributed by atoms with Crippen LogP contribution in [0.25, 0.3) is 0 Å². The molecule has 0 aliphatic carbocycles. The van der Waals surface area contributed by atoms with Gasteiger partial charge in [-0.15, -0.1) is 0 Å². The Hall–Kier alpha value is -2.24. The summed E-state index contributed by atoms with van der Waals surface area (Å²) in [5, 5.41) is 6.52. The average Bonchev–Trinajstić information content (AvgIpc) is 2.61.